The lowest BCUT2D eigenvalue weighted by Gasteiger charge is -2.08. The Morgan fingerprint density at radius 2 is 2.00 bits per heavy atom. The van der Waals surface area contributed by atoms with E-state index in [2.05, 4.69) is 0 Å². The molecule has 0 atom stereocenters. The first-order chi connectivity index (χ1) is 7.54. The van der Waals surface area contributed by atoms with Gasteiger partial charge in [-0.05, 0) is 24.5 Å². The first kappa shape index (κ1) is 13.3. The fraction of sp³-hybridized carbons (Fsp3) is 0.455. The average Bonchev–Trinajstić information content (AvgIpc) is 2.24. The molecule has 1 nitrogen and oxygen atoms in total. The van der Waals surface area contributed by atoms with Crippen LogP contribution in [0.3, 0.4) is 0 Å². The highest BCUT2D eigenvalue weighted by Gasteiger charge is 2.30. The van der Waals surface area contributed by atoms with Crippen molar-refractivity contribution in [2.75, 3.05) is 12.7 Å². The summed E-state index contributed by atoms with van der Waals surface area (Å²) >= 11 is 5.30. The van der Waals surface area contributed by atoms with E-state index in [0.717, 1.165) is 6.07 Å². The van der Waals surface area contributed by atoms with Gasteiger partial charge in [-0.2, -0.15) is 13.2 Å². The van der Waals surface area contributed by atoms with Gasteiger partial charge in [0.2, 0.25) is 0 Å². The second-order valence-electron chi connectivity index (χ2n) is 3.32. The van der Waals surface area contributed by atoms with Crippen LogP contribution in [0.25, 0.3) is 0 Å². The third-order valence-electron chi connectivity index (χ3n) is 2.09. The molecule has 1 aromatic rings. The number of hydrogen-bond donors (Lipinski definition) is 0. The largest absolute Gasteiger partial charge is 0.416 e. The molecule has 0 radical (unpaired) electrons. The van der Waals surface area contributed by atoms with Crippen LogP contribution in [0.1, 0.15) is 17.5 Å². The summed E-state index contributed by atoms with van der Waals surface area (Å²) in [7, 11) is 0. The van der Waals surface area contributed by atoms with Crippen LogP contribution in [0.2, 0.25) is 0 Å². The lowest BCUT2D eigenvalue weighted by atomic mass is 10.1. The minimum atomic E-state index is -4.28. The summed E-state index contributed by atoms with van der Waals surface area (Å²) in [6, 6.07) is 5.44. The number of aryl methyl sites for hydroxylation is 1. The molecule has 0 saturated carbocycles. The Kier molecular flexibility index (Phi) is 5.09. The molecule has 1 aromatic carbocycles. The Balaban J connectivity index is 2.54. The van der Waals surface area contributed by atoms with Gasteiger partial charge >= 0.3 is 6.18 Å². The van der Waals surface area contributed by atoms with Gasteiger partial charge in [0.1, 0.15) is 6.07 Å². The minimum Gasteiger partial charge on any atom is -0.366 e. The maximum Gasteiger partial charge on any atom is 0.416 e. The number of ether oxygens (including phenoxy) is 1. The van der Waals surface area contributed by atoms with Gasteiger partial charge in [0.15, 0.2) is 0 Å². The van der Waals surface area contributed by atoms with E-state index in [4.69, 9.17) is 16.3 Å². The highest BCUT2D eigenvalue weighted by atomic mass is 35.5. The third-order valence-corrected chi connectivity index (χ3v) is 2.24. The standard InChI is InChI=1S/C11H12ClF3O/c12-8-16-6-2-4-9-3-1-5-10(7-9)11(13,14)15/h1,3,5,7H,2,4,6,8H2. The highest BCUT2D eigenvalue weighted by molar-refractivity contribution is 6.17. The van der Waals surface area contributed by atoms with Crippen LogP contribution in [0, 0.1) is 0 Å². The first-order valence-electron chi connectivity index (χ1n) is 4.84. The molecular weight excluding hydrogens is 241 g/mol. The van der Waals surface area contributed by atoms with Gasteiger partial charge in [0.25, 0.3) is 0 Å². The topological polar surface area (TPSA) is 9.23 Å². The summed E-state index contributed by atoms with van der Waals surface area (Å²) in [4.78, 5) is 0. The molecule has 0 bridgehead atoms. The number of alkyl halides is 4. The van der Waals surface area contributed by atoms with Crippen molar-refractivity contribution in [3.8, 4) is 0 Å². The van der Waals surface area contributed by atoms with Crippen molar-refractivity contribution < 1.29 is 17.9 Å². The van der Waals surface area contributed by atoms with E-state index in [1.54, 1.807) is 6.07 Å². The summed E-state index contributed by atoms with van der Waals surface area (Å²) in [5.41, 5.74) is 0.0521. The van der Waals surface area contributed by atoms with Crippen LogP contribution in [0.5, 0.6) is 0 Å². The lowest BCUT2D eigenvalue weighted by molar-refractivity contribution is -0.137. The Labute approximate surface area is 97.2 Å². The third kappa shape index (κ3) is 4.41. The van der Waals surface area contributed by atoms with Crippen molar-refractivity contribution in [2.24, 2.45) is 0 Å². The molecule has 0 unspecified atom stereocenters. The van der Waals surface area contributed by atoms with Gasteiger partial charge in [-0.15, -0.1) is 0 Å². The van der Waals surface area contributed by atoms with E-state index in [-0.39, 0.29) is 6.07 Å². The van der Waals surface area contributed by atoms with Gasteiger partial charge in [0, 0.05) is 6.61 Å². The average molecular weight is 253 g/mol. The molecule has 0 N–H and O–H groups in total. The van der Waals surface area contributed by atoms with Crippen LogP contribution < -0.4 is 0 Å². The van der Waals surface area contributed by atoms with Crippen molar-refractivity contribution >= 4 is 11.6 Å². The van der Waals surface area contributed by atoms with E-state index in [1.165, 1.54) is 12.1 Å². The van der Waals surface area contributed by atoms with Crippen molar-refractivity contribution in [3.63, 3.8) is 0 Å². The van der Waals surface area contributed by atoms with Gasteiger partial charge in [-0.3, -0.25) is 0 Å². The summed E-state index contributed by atoms with van der Waals surface area (Å²) in [5, 5.41) is 0. The number of hydrogen-bond acceptors (Lipinski definition) is 1. The van der Waals surface area contributed by atoms with Crippen LogP contribution in [0.4, 0.5) is 13.2 Å². The molecule has 0 heterocycles. The SMILES string of the molecule is FC(F)(F)c1cccc(CCCOCCl)c1. The zero-order valence-corrected chi connectivity index (χ0v) is 9.31. The molecular formula is C11H12ClF3O. The molecule has 1 rings (SSSR count). The van der Waals surface area contributed by atoms with Crippen LogP contribution in [-0.2, 0) is 17.3 Å². The predicted octanol–water partition coefficient (Wildman–Crippen LogP) is 3.85. The Bertz CT molecular complexity index is 325. The molecule has 16 heavy (non-hydrogen) atoms. The zero-order valence-electron chi connectivity index (χ0n) is 8.56. The van der Waals surface area contributed by atoms with E-state index < -0.39 is 11.7 Å². The van der Waals surface area contributed by atoms with Gasteiger partial charge < -0.3 is 4.74 Å². The summed E-state index contributed by atoms with van der Waals surface area (Å²) in [6.07, 6.45) is -3.06. The Morgan fingerprint density at radius 1 is 1.25 bits per heavy atom. The van der Waals surface area contributed by atoms with Gasteiger partial charge in [0.05, 0.1) is 5.56 Å². The summed E-state index contributed by atoms with van der Waals surface area (Å²) in [5.74, 6) is 0. The normalized spacial score (nSPS) is 11.8. The second-order valence-corrected chi connectivity index (χ2v) is 3.54. The van der Waals surface area contributed by atoms with Crippen molar-refractivity contribution in [1.29, 1.82) is 0 Å². The maximum atomic E-state index is 12.4. The van der Waals surface area contributed by atoms with Crippen molar-refractivity contribution in [1.82, 2.24) is 0 Å². The van der Waals surface area contributed by atoms with Crippen LogP contribution in [0.15, 0.2) is 24.3 Å². The molecule has 0 aliphatic carbocycles. The van der Waals surface area contributed by atoms with Gasteiger partial charge in [-0.25, -0.2) is 0 Å². The Morgan fingerprint density at radius 3 is 2.62 bits per heavy atom. The molecule has 0 aromatic heterocycles. The highest BCUT2D eigenvalue weighted by Crippen LogP contribution is 2.29. The monoisotopic (exact) mass is 252 g/mol. The second kappa shape index (κ2) is 6.11. The number of halogens is 4. The fourth-order valence-electron chi connectivity index (χ4n) is 1.34. The smallest absolute Gasteiger partial charge is 0.366 e. The van der Waals surface area contributed by atoms with Gasteiger partial charge in [-0.1, -0.05) is 29.8 Å². The molecule has 0 aliphatic heterocycles. The van der Waals surface area contributed by atoms with E-state index in [0.29, 0.717) is 25.0 Å². The zero-order chi connectivity index (χ0) is 12.0. The van der Waals surface area contributed by atoms with Crippen molar-refractivity contribution in [3.05, 3.63) is 35.4 Å². The first-order valence-corrected chi connectivity index (χ1v) is 5.37. The molecule has 0 amide bonds. The van der Waals surface area contributed by atoms with E-state index in [9.17, 15) is 13.2 Å². The van der Waals surface area contributed by atoms with Crippen LogP contribution in [-0.4, -0.2) is 12.7 Å². The molecule has 0 saturated heterocycles. The Hall–Kier alpha value is -0.740. The molecule has 5 heteroatoms. The molecule has 0 spiro atoms. The summed E-state index contributed by atoms with van der Waals surface area (Å²) in [6.45, 7) is 0.458. The molecule has 0 aliphatic rings. The van der Waals surface area contributed by atoms with E-state index >= 15 is 0 Å². The number of benzene rings is 1. The predicted molar refractivity (Wildman–Crippen MR) is 56.4 cm³/mol. The molecule has 90 valence electrons. The molecule has 0 fully saturated rings. The van der Waals surface area contributed by atoms with Crippen LogP contribution >= 0.6 is 11.6 Å². The fourth-order valence-corrected chi connectivity index (χ4v) is 1.45. The van der Waals surface area contributed by atoms with E-state index in [1.807, 2.05) is 0 Å². The lowest BCUT2D eigenvalue weighted by Crippen LogP contribution is -2.05. The maximum absolute atomic E-state index is 12.4. The minimum absolute atomic E-state index is 0.114. The quantitative estimate of drug-likeness (QED) is 0.571. The van der Waals surface area contributed by atoms with Crippen molar-refractivity contribution in [2.45, 2.75) is 19.0 Å². The number of rotatable bonds is 5. The summed E-state index contributed by atoms with van der Waals surface area (Å²) < 4.78 is 42.0.